The maximum absolute atomic E-state index is 12.7. The quantitative estimate of drug-likeness (QED) is 0.593. The van der Waals surface area contributed by atoms with E-state index in [0.29, 0.717) is 6.04 Å². The van der Waals surface area contributed by atoms with E-state index in [9.17, 15) is 4.39 Å². The average molecular weight is 219 g/mol. The SMILES string of the molecule is CC#CCCNC(C)Cc1ccc(F)cc1. The van der Waals surface area contributed by atoms with E-state index in [1.54, 1.807) is 0 Å². The van der Waals surface area contributed by atoms with Gasteiger partial charge in [-0.25, -0.2) is 4.39 Å². The van der Waals surface area contributed by atoms with E-state index in [2.05, 4.69) is 24.1 Å². The standard InChI is InChI=1S/C14H18FN/c1-3-4-5-10-16-12(2)11-13-6-8-14(15)9-7-13/h6-9,12,16H,5,10-11H2,1-2H3. The molecular weight excluding hydrogens is 201 g/mol. The van der Waals surface area contributed by atoms with Gasteiger partial charge in [-0.15, -0.1) is 11.8 Å². The molecule has 0 aliphatic rings. The fourth-order valence-corrected chi connectivity index (χ4v) is 1.55. The van der Waals surface area contributed by atoms with E-state index in [4.69, 9.17) is 0 Å². The molecule has 2 heteroatoms. The molecule has 1 atom stereocenters. The van der Waals surface area contributed by atoms with Gasteiger partial charge in [-0.05, 0) is 38.0 Å². The molecule has 1 nitrogen and oxygen atoms in total. The number of halogens is 1. The first-order valence-electron chi connectivity index (χ1n) is 5.60. The Bertz CT molecular complexity index is 359. The Kier molecular flexibility index (Phi) is 5.60. The van der Waals surface area contributed by atoms with Crippen molar-refractivity contribution in [2.24, 2.45) is 0 Å². The van der Waals surface area contributed by atoms with Crippen LogP contribution in [0.4, 0.5) is 4.39 Å². The number of benzene rings is 1. The van der Waals surface area contributed by atoms with Crippen LogP contribution in [0.15, 0.2) is 24.3 Å². The van der Waals surface area contributed by atoms with Gasteiger partial charge in [0.15, 0.2) is 0 Å². The third-order valence-corrected chi connectivity index (χ3v) is 2.37. The van der Waals surface area contributed by atoms with Crippen molar-refractivity contribution in [1.82, 2.24) is 5.32 Å². The largest absolute Gasteiger partial charge is 0.313 e. The summed E-state index contributed by atoms with van der Waals surface area (Å²) in [6.45, 7) is 4.88. The highest BCUT2D eigenvalue weighted by atomic mass is 19.1. The molecule has 86 valence electrons. The van der Waals surface area contributed by atoms with Gasteiger partial charge in [0.2, 0.25) is 0 Å². The second-order valence-electron chi connectivity index (χ2n) is 3.86. The van der Waals surface area contributed by atoms with Crippen molar-refractivity contribution in [1.29, 1.82) is 0 Å². The molecule has 0 bridgehead atoms. The molecule has 0 aliphatic carbocycles. The van der Waals surface area contributed by atoms with Crippen LogP contribution in [-0.2, 0) is 6.42 Å². The predicted molar refractivity (Wildman–Crippen MR) is 65.6 cm³/mol. The van der Waals surface area contributed by atoms with Crippen LogP contribution in [-0.4, -0.2) is 12.6 Å². The normalized spacial score (nSPS) is 11.7. The van der Waals surface area contributed by atoms with E-state index in [1.807, 2.05) is 19.1 Å². The molecule has 1 unspecified atom stereocenters. The van der Waals surface area contributed by atoms with Gasteiger partial charge >= 0.3 is 0 Å². The van der Waals surface area contributed by atoms with Crippen LogP contribution in [0.5, 0.6) is 0 Å². The third kappa shape index (κ3) is 4.95. The van der Waals surface area contributed by atoms with Crippen LogP contribution < -0.4 is 5.32 Å². The fraction of sp³-hybridized carbons (Fsp3) is 0.429. The lowest BCUT2D eigenvalue weighted by Crippen LogP contribution is -2.28. The molecule has 0 spiro atoms. The minimum absolute atomic E-state index is 0.178. The first-order chi connectivity index (χ1) is 7.72. The molecule has 0 heterocycles. The molecule has 16 heavy (non-hydrogen) atoms. The van der Waals surface area contributed by atoms with Crippen molar-refractivity contribution < 1.29 is 4.39 Å². The maximum Gasteiger partial charge on any atom is 0.123 e. The topological polar surface area (TPSA) is 12.0 Å². The molecule has 1 aromatic rings. The highest BCUT2D eigenvalue weighted by Crippen LogP contribution is 2.05. The van der Waals surface area contributed by atoms with Crippen LogP contribution in [0.25, 0.3) is 0 Å². The van der Waals surface area contributed by atoms with Crippen LogP contribution in [0.3, 0.4) is 0 Å². The molecule has 0 amide bonds. The summed E-state index contributed by atoms with van der Waals surface area (Å²) in [5, 5.41) is 3.38. The molecule has 1 rings (SSSR count). The second-order valence-corrected chi connectivity index (χ2v) is 3.86. The summed E-state index contributed by atoms with van der Waals surface area (Å²) >= 11 is 0. The molecule has 1 aromatic carbocycles. The van der Waals surface area contributed by atoms with Gasteiger partial charge in [-0.2, -0.15) is 0 Å². The number of hydrogen-bond donors (Lipinski definition) is 1. The highest BCUT2D eigenvalue weighted by Gasteiger charge is 2.02. The van der Waals surface area contributed by atoms with E-state index in [0.717, 1.165) is 24.9 Å². The second kappa shape index (κ2) is 7.03. The van der Waals surface area contributed by atoms with Gasteiger partial charge < -0.3 is 5.32 Å². The van der Waals surface area contributed by atoms with Crippen molar-refractivity contribution in [2.75, 3.05) is 6.54 Å². The first kappa shape index (κ1) is 12.7. The minimum atomic E-state index is -0.178. The summed E-state index contributed by atoms with van der Waals surface area (Å²) in [4.78, 5) is 0. The highest BCUT2D eigenvalue weighted by molar-refractivity contribution is 5.17. The zero-order chi connectivity index (χ0) is 11.8. The number of rotatable bonds is 5. The van der Waals surface area contributed by atoms with Crippen molar-refractivity contribution in [3.05, 3.63) is 35.6 Å². The monoisotopic (exact) mass is 219 g/mol. The Morgan fingerprint density at radius 1 is 1.31 bits per heavy atom. The fourth-order valence-electron chi connectivity index (χ4n) is 1.55. The van der Waals surface area contributed by atoms with Crippen LogP contribution >= 0.6 is 0 Å². The van der Waals surface area contributed by atoms with Gasteiger partial charge in [0.05, 0.1) is 0 Å². The summed E-state index contributed by atoms with van der Waals surface area (Å²) < 4.78 is 12.7. The number of nitrogens with one attached hydrogen (secondary N) is 1. The lowest BCUT2D eigenvalue weighted by atomic mass is 10.1. The Morgan fingerprint density at radius 3 is 2.62 bits per heavy atom. The van der Waals surface area contributed by atoms with Gasteiger partial charge in [0, 0.05) is 19.0 Å². The van der Waals surface area contributed by atoms with Crippen molar-refractivity contribution in [3.63, 3.8) is 0 Å². The van der Waals surface area contributed by atoms with E-state index < -0.39 is 0 Å². The zero-order valence-electron chi connectivity index (χ0n) is 9.89. The van der Waals surface area contributed by atoms with Gasteiger partial charge in [-0.3, -0.25) is 0 Å². The van der Waals surface area contributed by atoms with Gasteiger partial charge in [0.25, 0.3) is 0 Å². The summed E-state index contributed by atoms with van der Waals surface area (Å²) in [7, 11) is 0. The minimum Gasteiger partial charge on any atom is -0.313 e. The Balaban J connectivity index is 2.30. The molecule has 0 radical (unpaired) electrons. The van der Waals surface area contributed by atoms with Crippen molar-refractivity contribution >= 4 is 0 Å². The lowest BCUT2D eigenvalue weighted by molar-refractivity contribution is 0.553. The summed E-state index contributed by atoms with van der Waals surface area (Å²) in [6.07, 6.45) is 1.80. The van der Waals surface area contributed by atoms with E-state index in [1.165, 1.54) is 12.1 Å². The zero-order valence-corrected chi connectivity index (χ0v) is 9.89. The maximum atomic E-state index is 12.7. The first-order valence-corrected chi connectivity index (χ1v) is 5.60. The molecular formula is C14H18FN. The molecule has 0 aliphatic heterocycles. The lowest BCUT2D eigenvalue weighted by Gasteiger charge is -2.12. The summed E-state index contributed by atoms with van der Waals surface area (Å²) in [5.74, 6) is 5.70. The molecule has 0 saturated carbocycles. The van der Waals surface area contributed by atoms with Crippen molar-refractivity contribution in [2.45, 2.75) is 32.7 Å². The van der Waals surface area contributed by atoms with Crippen LogP contribution in [0, 0.1) is 17.7 Å². The smallest absolute Gasteiger partial charge is 0.123 e. The Morgan fingerprint density at radius 2 is 2.00 bits per heavy atom. The molecule has 0 saturated heterocycles. The summed E-state index contributed by atoms with van der Waals surface area (Å²) in [5.41, 5.74) is 1.16. The molecule has 0 fully saturated rings. The summed E-state index contributed by atoms with van der Waals surface area (Å²) in [6, 6.07) is 7.07. The third-order valence-electron chi connectivity index (χ3n) is 2.37. The number of hydrogen-bond acceptors (Lipinski definition) is 1. The Labute approximate surface area is 97.1 Å². The van der Waals surface area contributed by atoms with E-state index >= 15 is 0 Å². The van der Waals surface area contributed by atoms with Crippen LogP contribution in [0.1, 0.15) is 25.8 Å². The van der Waals surface area contributed by atoms with E-state index in [-0.39, 0.29) is 5.82 Å². The average Bonchev–Trinajstić information content (AvgIpc) is 2.28. The Hall–Kier alpha value is -1.33. The predicted octanol–water partition coefficient (Wildman–Crippen LogP) is 2.76. The van der Waals surface area contributed by atoms with Gasteiger partial charge in [-0.1, -0.05) is 12.1 Å². The van der Waals surface area contributed by atoms with Crippen LogP contribution in [0.2, 0.25) is 0 Å². The molecule has 1 N–H and O–H groups in total. The van der Waals surface area contributed by atoms with Gasteiger partial charge in [0.1, 0.15) is 5.82 Å². The van der Waals surface area contributed by atoms with Crippen molar-refractivity contribution in [3.8, 4) is 11.8 Å². The molecule has 0 aromatic heterocycles.